The SMILES string of the molecule is Cl.NCc1c(-c2ccc(O)nc2)ccc(Cl)c1Sc1ncccc1CO. The third-order valence-corrected chi connectivity index (χ3v) is 5.35. The Hall–Kier alpha value is -1.83. The highest BCUT2D eigenvalue weighted by atomic mass is 35.5. The first kappa shape index (κ1) is 20.5. The fourth-order valence-corrected chi connectivity index (χ4v) is 3.81. The van der Waals surface area contributed by atoms with E-state index in [1.54, 1.807) is 30.6 Å². The van der Waals surface area contributed by atoms with Crippen LogP contribution in [0.3, 0.4) is 0 Å². The number of halogens is 2. The van der Waals surface area contributed by atoms with Crippen LogP contribution in [0.1, 0.15) is 11.1 Å². The van der Waals surface area contributed by atoms with Crippen molar-refractivity contribution in [1.29, 1.82) is 0 Å². The molecule has 26 heavy (non-hydrogen) atoms. The summed E-state index contributed by atoms with van der Waals surface area (Å²) in [5.74, 6) is -0.0392. The number of aliphatic hydroxyl groups is 1. The van der Waals surface area contributed by atoms with Crippen molar-refractivity contribution >= 4 is 35.8 Å². The second-order valence-electron chi connectivity index (χ2n) is 5.24. The number of nitrogens with zero attached hydrogens (tertiary/aromatic N) is 2. The number of aliphatic hydroxyl groups excluding tert-OH is 1. The van der Waals surface area contributed by atoms with Crippen LogP contribution in [0.2, 0.25) is 5.02 Å². The predicted octanol–water partition coefficient (Wildman–Crippen LogP) is 4.03. The highest BCUT2D eigenvalue weighted by Gasteiger charge is 2.16. The van der Waals surface area contributed by atoms with Gasteiger partial charge in [0.25, 0.3) is 0 Å². The topological polar surface area (TPSA) is 92.3 Å². The minimum atomic E-state index is -0.104. The lowest BCUT2D eigenvalue weighted by atomic mass is 10.0. The van der Waals surface area contributed by atoms with Gasteiger partial charge in [0.2, 0.25) is 5.88 Å². The molecule has 3 rings (SSSR count). The molecule has 0 aliphatic heterocycles. The van der Waals surface area contributed by atoms with Gasteiger partial charge >= 0.3 is 0 Å². The van der Waals surface area contributed by atoms with Crippen LogP contribution >= 0.6 is 35.8 Å². The van der Waals surface area contributed by atoms with Crippen molar-refractivity contribution in [2.75, 3.05) is 0 Å². The number of pyridine rings is 2. The smallest absolute Gasteiger partial charge is 0.210 e. The lowest BCUT2D eigenvalue weighted by molar-refractivity contribution is 0.278. The highest BCUT2D eigenvalue weighted by Crippen LogP contribution is 2.40. The van der Waals surface area contributed by atoms with E-state index in [0.717, 1.165) is 27.1 Å². The van der Waals surface area contributed by atoms with Crippen LogP contribution in [0.25, 0.3) is 11.1 Å². The molecule has 136 valence electrons. The van der Waals surface area contributed by atoms with E-state index in [4.69, 9.17) is 17.3 Å². The fraction of sp³-hybridized carbons (Fsp3) is 0.111. The highest BCUT2D eigenvalue weighted by molar-refractivity contribution is 7.99. The summed E-state index contributed by atoms with van der Waals surface area (Å²) in [6, 6.07) is 10.6. The van der Waals surface area contributed by atoms with E-state index in [0.29, 0.717) is 10.0 Å². The van der Waals surface area contributed by atoms with Crippen LogP contribution in [0.5, 0.6) is 5.88 Å². The van der Waals surface area contributed by atoms with Crippen LogP contribution in [0, 0.1) is 0 Å². The number of hydrogen-bond acceptors (Lipinski definition) is 6. The molecular weight excluding hydrogens is 393 g/mol. The fourth-order valence-electron chi connectivity index (χ4n) is 2.46. The zero-order valence-corrected chi connectivity index (χ0v) is 16.0. The lowest BCUT2D eigenvalue weighted by Crippen LogP contribution is -2.03. The molecule has 3 aromatic rings. The van der Waals surface area contributed by atoms with Gasteiger partial charge in [-0.15, -0.1) is 12.4 Å². The molecule has 0 amide bonds. The molecular formula is C18H17Cl2N3O2S. The number of aromatic hydroxyl groups is 1. The Morgan fingerprint density at radius 3 is 2.58 bits per heavy atom. The van der Waals surface area contributed by atoms with Gasteiger partial charge in [-0.1, -0.05) is 35.5 Å². The van der Waals surface area contributed by atoms with E-state index in [-0.39, 0.29) is 31.4 Å². The number of hydrogen-bond donors (Lipinski definition) is 3. The van der Waals surface area contributed by atoms with E-state index in [9.17, 15) is 10.2 Å². The predicted molar refractivity (Wildman–Crippen MR) is 106 cm³/mol. The molecule has 0 saturated heterocycles. The Balaban J connectivity index is 0.00000243. The molecule has 2 aromatic heterocycles. The van der Waals surface area contributed by atoms with Crippen LogP contribution in [-0.2, 0) is 13.2 Å². The van der Waals surface area contributed by atoms with Crippen LogP contribution in [0.4, 0.5) is 0 Å². The van der Waals surface area contributed by atoms with Crippen molar-refractivity contribution in [2.45, 2.75) is 23.1 Å². The van der Waals surface area contributed by atoms with Gasteiger partial charge in [0.15, 0.2) is 0 Å². The third kappa shape index (κ3) is 4.28. The van der Waals surface area contributed by atoms with Gasteiger partial charge < -0.3 is 15.9 Å². The van der Waals surface area contributed by atoms with Crippen molar-refractivity contribution in [2.24, 2.45) is 5.73 Å². The van der Waals surface area contributed by atoms with Gasteiger partial charge in [-0.2, -0.15) is 0 Å². The van der Waals surface area contributed by atoms with Crippen LogP contribution < -0.4 is 5.73 Å². The number of benzene rings is 1. The maximum Gasteiger partial charge on any atom is 0.210 e. The summed E-state index contributed by atoms with van der Waals surface area (Å²) < 4.78 is 0. The van der Waals surface area contributed by atoms with Gasteiger partial charge in [0, 0.05) is 41.0 Å². The summed E-state index contributed by atoms with van der Waals surface area (Å²) in [5.41, 5.74) is 9.31. The standard InChI is InChI=1S/C18H16ClN3O2S.ClH/c19-15-5-4-13(11-3-6-16(24)22-9-11)14(8-20)17(15)25-18-12(10-23)2-1-7-21-18;/h1-7,9,23H,8,10,20H2,(H,22,24);1H. The molecule has 4 N–H and O–H groups in total. The van der Waals surface area contributed by atoms with E-state index >= 15 is 0 Å². The van der Waals surface area contributed by atoms with E-state index in [2.05, 4.69) is 9.97 Å². The first-order chi connectivity index (χ1) is 12.1. The molecule has 0 aliphatic rings. The summed E-state index contributed by atoms with van der Waals surface area (Å²) in [4.78, 5) is 9.05. The molecule has 0 radical (unpaired) electrons. The summed E-state index contributed by atoms with van der Waals surface area (Å²) >= 11 is 7.79. The maximum atomic E-state index is 9.51. The molecule has 0 saturated carbocycles. The molecule has 0 aliphatic carbocycles. The van der Waals surface area contributed by atoms with Crippen molar-refractivity contribution in [3.63, 3.8) is 0 Å². The largest absolute Gasteiger partial charge is 0.493 e. The van der Waals surface area contributed by atoms with Crippen LogP contribution in [-0.4, -0.2) is 20.2 Å². The average molecular weight is 410 g/mol. The Labute approximate surface area is 166 Å². The Kier molecular flexibility index (Phi) is 7.25. The molecule has 0 fully saturated rings. The van der Waals surface area contributed by atoms with Crippen molar-refractivity contribution in [3.05, 3.63) is 64.9 Å². The quantitative estimate of drug-likeness (QED) is 0.588. The summed E-state index contributed by atoms with van der Waals surface area (Å²) in [5, 5.41) is 20.1. The van der Waals surface area contributed by atoms with Crippen molar-refractivity contribution < 1.29 is 10.2 Å². The van der Waals surface area contributed by atoms with Gasteiger partial charge in [-0.25, -0.2) is 9.97 Å². The van der Waals surface area contributed by atoms with Crippen molar-refractivity contribution in [1.82, 2.24) is 9.97 Å². The number of rotatable bonds is 5. The summed E-state index contributed by atoms with van der Waals surface area (Å²) in [7, 11) is 0. The zero-order valence-electron chi connectivity index (χ0n) is 13.6. The van der Waals surface area contributed by atoms with Gasteiger partial charge in [0.05, 0.1) is 11.6 Å². The monoisotopic (exact) mass is 409 g/mol. The minimum absolute atomic E-state index is 0. The molecule has 1 aromatic carbocycles. The van der Waals surface area contributed by atoms with E-state index in [1.807, 2.05) is 12.1 Å². The first-order valence-corrected chi connectivity index (χ1v) is 8.73. The molecule has 0 bridgehead atoms. The Morgan fingerprint density at radius 1 is 1.12 bits per heavy atom. The summed E-state index contributed by atoms with van der Waals surface area (Å²) in [6.07, 6.45) is 3.26. The van der Waals surface area contributed by atoms with E-state index < -0.39 is 0 Å². The molecule has 0 atom stereocenters. The zero-order chi connectivity index (χ0) is 17.8. The van der Waals surface area contributed by atoms with E-state index in [1.165, 1.54) is 17.8 Å². The molecule has 8 heteroatoms. The number of nitrogens with two attached hydrogens (primary N) is 1. The first-order valence-electron chi connectivity index (χ1n) is 7.53. The van der Waals surface area contributed by atoms with Crippen LogP contribution in [0.15, 0.2) is 58.7 Å². The Morgan fingerprint density at radius 2 is 1.92 bits per heavy atom. The molecule has 0 spiro atoms. The molecule has 0 unspecified atom stereocenters. The summed E-state index contributed by atoms with van der Waals surface area (Å²) in [6.45, 7) is 0.174. The third-order valence-electron chi connectivity index (χ3n) is 3.69. The van der Waals surface area contributed by atoms with Gasteiger partial charge in [-0.05, 0) is 29.3 Å². The minimum Gasteiger partial charge on any atom is -0.493 e. The number of aromatic nitrogens is 2. The molecule has 5 nitrogen and oxygen atoms in total. The molecule has 2 heterocycles. The average Bonchev–Trinajstić information content (AvgIpc) is 2.64. The van der Waals surface area contributed by atoms with Crippen molar-refractivity contribution in [3.8, 4) is 17.0 Å². The van der Waals surface area contributed by atoms with Gasteiger partial charge in [0.1, 0.15) is 5.03 Å². The normalized spacial score (nSPS) is 10.4. The second kappa shape index (κ2) is 9.21. The Bertz CT molecular complexity index is 892. The van der Waals surface area contributed by atoms with Gasteiger partial charge in [-0.3, -0.25) is 0 Å². The lowest BCUT2D eigenvalue weighted by Gasteiger charge is -2.15. The maximum absolute atomic E-state index is 9.51. The second-order valence-corrected chi connectivity index (χ2v) is 6.65.